The molecule has 1 aliphatic carbocycles. The van der Waals surface area contributed by atoms with Gasteiger partial charge in [0.15, 0.2) is 11.6 Å². The fraction of sp³-hybridized carbons (Fsp3) is 0.357. The second-order valence-electron chi connectivity index (χ2n) is 8.57. The number of Topliss-reactive ketones (excluding diaryl/α,β-unsaturated/α-hetero) is 1. The summed E-state index contributed by atoms with van der Waals surface area (Å²) < 4.78 is 28.7. The lowest BCUT2D eigenvalue weighted by atomic mass is 9.84. The minimum atomic E-state index is -0.274. The molecule has 1 heterocycles. The molecule has 184 valence electrons. The van der Waals surface area contributed by atoms with Gasteiger partial charge in [-0.15, -0.1) is 0 Å². The molecule has 4 rings (SSSR count). The molecule has 2 aromatic rings. The van der Waals surface area contributed by atoms with E-state index in [1.807, 2.05) is 38.1 Å². The van der Waals surface area contributed by atoms with Gasteiger partial charge in [-0.25, -0.2) is 0 Å². The van der Waals surface area contributed by atoms with Crippen LogP contribution in [0.4, 0.5) is 0 Å². The van der Waals surface area contributed by atoms with Gasteiger partial charge < -0.3 is 23.7 Å². The van der Waals surface area contributed by atoms with Crippen molar-refractivity contribution in [1.82, 2.24) is 0 Å². The Morgan fingerprint density at radius 1 is 0.657 bits per heavy atom. The number of fused-ring (bicyclic) bond motifs is 8. The Balaban J connectivity index is 1.88. The minimum absolute atomic E-state index is 0.273. The Morgan fingerprint density at radius 3 is 1.51 bits per heavy atom. The molecule has 7 nitrogen and oxygen atoms in total. The number of hydrogen-bond acceptors (Lipinski definition) is 7. The smallest absolute Gasteiger partial charge is 0.194 e. The van der Waals surface area contributed by atoms with Crippen molar-refractivity contribution < 1.29 is 33.3 Å². The van der Waals surface area contributed by atoms with Crippen LogP contribution in [0, 0.1) is 13.8 Å². The first-order valence-corrected chi connectivity index (χ1v) is 11.5. The van der Waals surface area contributed by atoms with Crippen LogP contribution in [-0.2, 0) is 37.0 Å². The zero-order valence-electron chi connectivity index (χ0n) is 20.6. The van der Waals surface area contributed by atoms with Crippen LogP contribution in [-0.4, -0.2) is 52.2 Å². The Morgan fingerprint density at radius 2 is 1.09 bits per heavy atom. The van der Waals surface area contributed by atoms with Gasteiger partial charge in [-0.3, -0.25) is 9.59 Å². The molecule has 35 heavy (non-hydrogen) atoms. The Hall–Kier alpha value is -3.26. The molecular weight excluding hydrogens is 448 g/mol. The third-order valence-electron chi connectivity index (χ3n) is 5.93. The van der Waals surface area contributed by atoms with E-state index in [0.717, 1.165) is 22.3 Å². The lowest BCUT2D eigenvalue weighted by Crippen LogP contribution is -2.16. The molecule has 2 aliphatic rings. The summed E-state index contributed by atoms with van der Waals surface area (Å²) in [4.78, 5) is 26.7. The number of hydrogen-bond donors (Lipinski definition) is 0. The largest absolute Gasteiger partial charge is 0.496 e. The summed E-state index contributed by atoms with van der Waals surface area (Å²) in [6.45, 7) is 6.08. The number of benzene rings is 2. The van der Waals surface area contributed by atoms with Gasteiger partial charge in [-0.05, 0) is 49.3 Å². The van der Waals surface area contributed by atoms with Crippen LogP contribution in [0.2, 0.25) is 0 Å². The Bertz CT molecular complexity index is 1120. The molecule has 0 atom stereocenters. The van der Waals surface area contributed by atoms with E-state index in [4.69, 9.17) is 23.7 Å². The van der Waals surface area contributed by atoms with Crippen molar-refractivity contribution in [1.29, 1.82) is 0 Å². The summed E-state index contributed by atoms with van der Waals surface area (Å²) in [5.74, 6) is 0.475. The molecular formula is C28H30O7. The number of methoxy groups -OCH3 is 2. The third kappa shape index (κ3) is 5.37. The van der Waals surface area contributed by atoms with E-state index in [9.17, 15) is 9.59 Å². The molecule has 0 amide bonds. The number of carbonyl (C=O) groups excluding carboxylic acids is 2. The molecule has 0 radical (unpaired) electrons. The van der Waals surface area contributed by atoms with E-state index in [1.54, 1.807) is 14.2 Å². The normalized spacial score (nSPS) is 17.1. The van der Waals surface area contributed by atoms with Crippen LogP contribution in [0.25, 0.3) is 11.1 Å². The maximum absolute atomic E-state index is 13.9. The fourth-order valence-electron chi connectivity index (χ4n) is 4.50. The third-order valence-corrected chi connectivity index (χ3v) is 5.93. The maximum atomic E-state index is 13.9. The highest BCUT2D eigenvalue weighted by Gasteiger charge is 2.30. The highest BCUT2D eigenvalue weighted by molar-refractivity contribution is 6.48. The molecule has 2 aromatic carbocycles. The van der Waals surface area contributed by atoms with E-state index in [0.29, 0.717) is 49.1 Å². The quantitative estimate of drug-likeness (QED) is 0.604. The lowest BCUT2D eigenvalue weighted by molar-refractivity contribution is -0.112. The standard InChI is InChI=1S/C28H30O7/c1-17-9-19-15-34-7-5-33-6-8-35-16-20-10-18(2)12-25(28(20)32-4)23-14-21(29)13-22(26(23)30)24(11-17)27(19)31-3/h9-14H,5-8,15-16H2,1-4H3. The Kier molecular flexibility index (Phi) is 7.80. The molecule has 7 heteroatoms. The number of rotatable bonds is 2. The monoisotopic (exact) mass is 478 g/mol. The van der Waals surface area contributed by atoms with Gasteiger partial charge >= 0.3 is 0 Å². The van der Waals surface area contributed by atoms with E-state index in [1.165, 1.54) is 12.2 Å². The number of allylic oxidation sites excluding steroid dienone is 4. The number of ether oxygens (including phenoxy) is 5. The topological polar surface area (TPSA) is 80.3 Å². The van der Waals surface area contributed by atoms with Crippen molar-refractivity contribution in [2.24, 2.45) is 0 Å². The minimum Gasteiger partial charge on any atom is -0.496 e. The SMILES string of the molecule is COc1c2cc(C)cc1C1=CC(=O)C=C(C1=O)c1cc(C)cc(c1OC)COCCOCCOC2. The predicted molar refractivity (Wildman–Crippen MR) is 132 cm³/mol. The van der Waals surface area contributed by atoms with Crippen LogP contribution in [0.15, 0.2) is 36.4 Å². The molecule has 0 saturated heterocycles. The van der Waals surface area contributed by atoms with Gasteiger partial charge in [-0.2, -0.15) is 0 Å². The van der Waals surface area contributed by atoms with Crippen molar-refractivity contribution in [2.75, 3.05) is 40.6 Å². The maximum Gasteiger partial charge on any atom is 0.194 e. The van der Waals surface area contributed by atoms with Crippen LogP contribution in [0.5, 0.6) is 11.5 Å². The lowest BCUT2D eigenvalue weighted by Gasteiger charge is -2.22. The summed E-state index contributed by atoms with van der Waals surface area (Å²) in [5, 5.41) is 0. The van der Waals surface area contributed by atoms with E-state index < -0.39 is 0 Å². The molecule has 0 saturated carbocycles. The number of ketones is 2. The van der Waals surface area contributed by atoms with Gasteiger partial charge in [0.2, 0.25) is 0 Å². The molecule has 1 aliphatic heterocycles. The zero-order chi connectivity index (χ0) is 24.9. The van der Waals surface area contributed by atoms with Crippen molar-refractivity contribution in [3.8, 4) is 11.5 Å². The summed E-state index contributed by atoms with van der Waals surface area (Å²) >= 11 is 0. The Labute approximate surface area is 205 Å². The molecule has 0 unspecified atom stereocenters. The molecule has 6 bridgehead atoms. The van der Waals surface area contributed by atoms with Crippen LogP contribution < -0.4 is 9.47 Å². The van der Waals surface area contributed by atoms with E-state index in [2.05, 4.69) is 0 Å². The predicted octanol–water partition coefficient (Wildman–Crippen LogP) is 4.00. The van der Waals surface area contributed by atoms with E-state index >= 15 is 0 Å². The van der Waals surface area contributed by atoms with Gasteiger partial charge in [0.05, 0.1) is 53.9 Å². The van der Waals surface area contributed by atoms with Gasteiger partial charge in [0.25, 0.3) is 0 Å². The highest BCUT2D eigenvalue weighted by Crippen LogP contribution is 2.40. The average Bonchev–Trinajstić information content (AvgIpc) is 2.83. The van der Waals surface area contributed by atoms with Gasteiger partial charge in [0.1, 0.15) is 11.5 Å². The summed E-state index contributed by atoms with van der Waals surface area (Å²) in [6, 6.07) is 7.63. The summed E-state index contributed by atoms with van der Waals surface area (Å²) in [7, 11) is 3.10. The van der Waals surface area contributed by atoms with Crippen LogP contribution >= 0.6 is 0 Å². The van der Waals surface area contributed by atoms with E-state index in [-0.39, 0.29) is 35.9 Å². The first-order valence-electron chi connectivity index (χ1n) is 11.5. The number of aryl methyl sites for hydroxylation is 2. The van der Waals surface area contributed by atoms with Crippen molar-refractivity contribution in [3.63, 3.8) is 0 Å². The number of carbonyl (C=O) groups is 2. The molecule has 0 aromatic heterocycles. The van der Waals surface area contributed by atoms with Gasteiger partial charge in [-0.1, -0.05) is 12.1 Å². The second-order valence-corrected chi connectivity index (χ2v) is 8.57. The van der Waals surface area contributed by atoms with Gasteiger partial charge in [0, 0.05) is 33.4 Å². The highest BCUT2D eigenvalue weighted by atomic mass is 16.5. The summed E-state index contributed by atoms with van der Waals surface area (Å²) in [6.07, 6.45) is 2.73. The molecule has 0 N–H and O–H groups in total. The first-order chi connectivity index (χ1) is 16.9. The van der Waals surface area contributed by atoms with Crippen LogP contribution in [0.3, 0.4) is 0 Å². The first kappa shape index (κ1) is 24.9. The molecule has 0 spiro atoms. The summed E-state index contributed by atoms with van der Waals surface area (Å²) in [5.41, 5.74) is 5.11. The van der Waals surface area contributed by atoms with Crippen LogP contribution in [0.1, 0.15) is 33.4 Å². The van der Waals surface area contributed by atoms with Crippen molar-refractivity contribution in [3.05, 3.63) is 69.8 Å². The molecule has 0 fully saturated rings. The zero-order valence-corrected chi connectivity index (χ0v) is 20.6. The van der Waals surface area contributed by atoms with Crippen molar-refractivity contribution in [2.45, 2.75) is 27.1 Å². The second kappa shape index (κ2) is 11.0. The average molecular weight is 479 g/mol. The fourth-order valence-corrected chi connectivity index (χ4v) is 4.50. The van der Waals surface area contributed by atoms with Crippen molar-refractivity contribution >= 4 is 22.7 Å².